The topological polar surface area (TPSA) is 93.1 Å². The van der Waals surface area contributed by atoms with Crippen LogP contribution in [0.3, 0.4) is 0 Å². The van der Waals surface area contributed by atoms with Crippen molar-refractivity contribution in [3.05, 3.63) is 28.0 Å². The van der Waals surface area contributed by atoms with Crippen LogP contribution in [0.25, 0.3) is 5.57 Å². The van der Waals surface area contributed by atoms with Gasteiger partial charge in [-0.2, -0.15) is 0 Å². The number of nitroso groups, excluding NO2 is 1. The summed E-state index contributed by atoms with van der Waals surface area (Å²) in [6, 6.07) is 2.78. The van der Waals surface area contributed by atoms with E-state index in [1.54, 1.807) is 0 Å². The summed E-state index contributed by atoms with van der Waals surface area (Å²) in [6.07, 6.45) is 0.465. The van der Waals surface area contributed by atoms with E-state index in [-0.39, 0.29) is 21.7 Å². The lowest BCUT2D eigenvalue weighted by Gasteiger charge is -2.29. The highest BCUT2D eigenvalue weighted by Crippen LogP contribution is 2.40. The molecule has 2 aliphatic heterocycles. The number of hydrogen-bond donors (Lipinski definition) is 0. The number of morpholine rings is 1. The molecule has 0 N–H and O–H groups in total. The average molecular weight is 308 g/mol. The molecule has 8 heteroatoms. The van der Waals surface area contributed by atoms with Gasteiger partial charge in [0.1, 0.15) is 5.69 Å². The molecule has 0 amide bonds. The highest BCUT2D eigenvalue weighted by molar-refractivity contribution is 7.95. The van der Waals surface area contributed by atoms with Crippen LogP contribution in [-0.2, 0) is 19.4 Å². The molecule has 7 nitrogen and oxygen atoms in total. The van der Waals surface area contributed by atoms with Crippen molar-refractivity contribution in [2.75, 3.05) is 31.2 Å². The largest absolute Gasteiger partial charge is 0.378 e. The minimum atomic E-state index is -3.65. The van der Waals surface area contributed by atoms with E-state index >= 15 is 0 Å². The van der Waals surface area contributed by atoms with E-state index in [9.17, 15) is 18.1 Å². The van der Waals surface area contributed by atoms with Gasteiger partial charge in [0.25, 0.3) is 0 Å². The van der Waals surface area contributed by atoms with Crippen LogP contribution in [0.15, 0.2) is 27.6 Å². The van der Waals surface area contributed by atoms with E-state index in [0.717, 1.165) is 5.41 Å². The molecule has 1 saturated heterocycles. The lowest BCUT2D eigenvalue weighted by Crippen LogP contribution is -2.36. The fraction of sp³-hybridized carbons (Fsp3) is 0.308. The molecule has 0 unspecified atom stereocenters. The summed E-state index contributed by atoms with van der Waals surface area (Å²) < 4.78 is 29.4. The van der Waals surface area contributed by atoms with Gasteiger partial charge in [-0.25, -0.2) is 8.42 Å². The van der Waals surface area contributed by atoms with Gasteiger partial charge in [0, 0.05) is 29.6 Å². The van der Waals surface area contributed by atoms with Crippen LogP contribution in [0.2, 0.25) is 0 Å². The van der Waals surface area contributed by atoms with Gasteiger partial charge in [0.05, 0.1) is 23.8 Å². The molecule has 1 aromatic carbocycles. The van der Waals surface area contributed by atoms with Crippen LogP contribution in [-0.4, -0.2) is 41.0 Å². The monoisotopic (exact) mass is 308 g/mol. The first-order valence-electron chi connectivity index (χ1n) is 6.33. The fourth-order valence-electron chi connectivity index (χ4n) is 2.53. The fourth-order valence-corrected chi connectivity index (χ4v) is 3.94. The normalized spacial score (nSPS) is 19.8. The van der Waals surface area contributed by atoms with Crippen LogP contribution >= 0.6 is 0 Å². The number of rotatable bonds is 3. The molecule has 1 aromatic rings. The Kier molecular flexibility index (Phi) is 3.34. The van der Waals surface area contributed by atoms with Gasteiger partial charge in [0.2, 0.25) is 9.84 Å². The Morgan fingerprint density at radius 2 is 1.95 bits per heavy atom. The average Bonchev–Trinajstić information content (AvgIpc) is 2.77. The number of sulfone groups is 1. The molecule has 0 aliphatic carbocycles. The number of benzene rings is 1. The maximum absolute atomic E-state index is 12.1. The Balaban J connectivity index is 2.17. The number of allylic oxidation sites excluding steroid dienone is 1. The minimum absolute atomic E-state index is 0.0403. The summed E-state index contributed by atoms with van der Waals surface area (Å²) >= 11 is 0. The second-order valence-electron chi connectivity index (χ2n) is 4.76. The molecular formula is C13H12N2O5S. The first-order chi connectivity index (χ1) is 10.1. The van der Waals surface area contributed by atoms with Crippen LogP contribution in [0.4, 0.5) is 11.4 Å². The maximum atomic E-state index is 12.1. The number of anilines is 1. The van der Waals surface area contributed by atoms with E-state index in [2.05, 4.69) is 5.18 Å². The first-order valence-corrected chi connectivity index (χ1v) is 7.88. The molecule has 21 heavy (non-hydrogen) atoms. The Morgan fingerprint density at radius 1 is 1.24 bits per heavy atom. The van der Waals surface area contributed by atoms with Gasteiger partial charge in [-0.05, 0) is 17.3 Å². The third-order valence-corrected chi connectivity index (χ3v) is 5.07. The lowest BCUT2D eigenvalue weighted by atomic mass is 10.1. The number of nitrogens with zero attached hydrogens (tertiary/aromatic N) is 2. The van der Waals surface area contributed by atoms with Crippen molar-refractivity contribution in [2.24, 2.45) is 5.18 Å². The second kappa shape index (κ2) is 5.05. The van der Waals surface area contributed by atoms with Gasteiger partial charge >= 0.3 is 0 Å². The summed E-state index contributed by atoms with van der Waals surface area (Å²) in [5.74, 6) is 0. The highest BCUT2D eigenvalue weighted by Gasteiger charge is 2.30. The van der Waals surface area contributed by atoms with Crippen molar-refractivity contribution < 1.29 is 17.9 Å². The van der Waals surface area contributed by atoms with Gasteiger partial charge in [-0.3, -0.25) is 4.79 Å². The number of hydrogen-bond acceptors (Lipinski definition) is 7. The molecule has 2 aliphatic rings. The van der Waals surface area contributed by atoms with Crippen molar-refractivity contribution in [2.45, 2.75) is 4.90 Å². The van der Waals surface area contributed by atoms with Gasteiger partial charge in [0.15, 0.2) is 6.29 Å². The summed E-state index contributed by atoms with van der Waals surface area (Å²) in [6.45, 7) is 2.10. The Morgan fingerprint density at radius 3 is 2.57 bits per heavy atom. The molecule has 2 heterocycles. The Labute approximate surface area is 121 Å². The van der Waals surface area contributed by atoms with Crippen LogP contribution in [0, 0.1) is 4.91 Å². The predicted molar refractivity (Wildman–Crippen MR) is 76.2 cm³/mol. The third kappa shape index (κ3) is 2.26. The van der Waals surface area contributed by atoms with Crippen LogP contribution in [0.1, 0.15) is 5.56 Å². The summed E-state index contributed by atoms with van der Waals surface area (Å²) in [5, 5.41) is 3.89. The molecule has 0 saturated carbocycles. The van der Waals surface area contributed by atoms with Crippen molar-refractivity contribution in [3.63, 3.8) is 0 Å². The molecule has 0 aromatic heterocycles. The summed E-state index contributed by atoms with van der Waals surface area (Å²) in [7, 11) is -3.65. The first kappa shape index (κ1) is 13.9. The number of aldehydes is 1. The van der Waals surface area contributed by atoms with E-state index in [1.807, 2.05) is 4.90 Å². The van der Waals surface area contributed by atoms with Crippen molar-refractivity contribution in [1.82, 2.24) is 0 Å². The Hall–Kier alpha value is -2.06. The zero-order chi connectivity index (χ0) is 15.0. The van der Waals surface area contributed by atoms with Crippen molar-refractivity contribution >= 4 is 33.1 Å². The highest BCUT2D eigenvalue weighted by atomic mass is 32.2. The van der Waals surface area contributed by atoms with Crippen molar-refractivity contribution in [1.29, 1.82) is 0 Å². The molecule has 0 bridgehead atoms. The molecule has 0 spiro atoms. The van der Waals surface area contributed by atoms with Gasteiger partial charge in [-0.15, -0.1) is 4.91 Å². The van der Waals surface area contributed by atoms with E-state index < -0.39 is 9.84 Å². The summed E-state index contributed by atoms with van der Waals surface area (Å²) in [5.41, 5.74) is 0.858. The number of carbonyl (C=O) groups is 1. The van der Waals surface area contributed by atoms with E-state index in [0.29, 0.717) is 38.3 Å². The number of fused-ring (bicyclic) bond motifs is 1. The molecule has 1 fully saturated rings. The lowest BCUT2D eigenvalue weighted by molar-refractivity contribution is -0.103. The van der Waals surface area contributed by atoms with E-state index in [4.69, 9.17) is 4.74 Å². The minimum Gasteiger partial charge on any atom is -0.378 e. The molecule has 0 radical (unpaired) electrons. The second-order valence-corrected chi connectivity index (χ2v) is 6.53. The van der Waals surface area contributed by atoms with Gasteiger partial charge < -0.3 is 9.64 Å². The quantitative estimate of drug-likeness (QED) is 0.616. The Bertz CT molecular complexity index is 748. The number of ether oxygens (including phenoxy) is 1. The molecule has 110 valence electrons. The van der Waals surface area contributed by atoms with Gasteiger partial charge in [-0.1, -0.05) is 0 Å². The number of carbonyl (C=O) groups excluding carboxylic acids is 1. The smallest absolute Gasteiger partial charge is 0.201 e. The zero-order valence-corrected chi connectivity index (χ0v) is 11.8. The van der Waals surface area contributed by atoms with Crippen LogP contribution in [0.5, 0.6) is 0 Å². The predicted octanol–water partition coefficient (Wildman–Crippen LogP) is 1.25. The summed E-state index contributed by atoms with van der Waals surface area (Å²) in [4.78, 5) is 23.9. The van der Waals surface area contributed by atoms with E-state index in [1.165, 1.54) is 12.1 Å². The van der Waals surface area contributed by atoms with Crippen molar-refractivity contribution in [3.8, 4) is 0 Å². The molecule has 0 atom stereocenters. The third-order valence-electron chi connectivity index (χ3n) is 3.55. The SMILES string of the molecule is O=CC1=CS(=O)(=O)c2cc(N3CCOCC3)c(N=O)cc21. The van der Waals surface area contributed by atoms with Crippen LogP contribution < -0.4 is 4.90 Å². The standard InChI is InChI=1S/C13H12N2O5S/c16-7-9-8-21(18,19)13-6-12(11(14-17)5-10(9)13)15-1-3-20-4-2-15/h5-8H,1-4H2. The zero-order valence-electron chi connectivity index (χ0n) is 11.0. The maximum Gasteiger partial charge on any atom is 0.201 e. The molecular weight excluding hydrogens is 296 g/mol. The molecule has 3 rings (SSSR count).